The van der Waals surface area contributed by atoms with Gasteiger partial charge in [-0.05, 0) is 36.6 Å². The summed E-state index contributed by atoms with van der Waals surface area (Å²) >= 11 is 0. The maximum Gasteiger partial charge on any atom is 0.251 e. The van der Waals surface area contributed by atoms with E-state index in [4.69, 9.17) is 5.73 Å². The fourth-order valence-electron chi connectivity index (χ4n) is 2.80. The molecule has 2 rings (SSSR count). The Morgan fingerprint density at radius 1 is 1.32 bits per heavy atom. The molecule has 0 radical (unpaired) electrons. The maximum atomic E-state index is 12.7. The molecule has 0 saturated carbocycles. The lowest BCUT2D eigenvalue weighted by molar-refractivity contribution is 0.0963. The zero-order valence-corrected chi connectivity index (χ0v) is 13.8. The van der Waals surface area contributed by atoms with Gasteiger partial charge in [-0.2, -0.15) is 4.31 Å². The van der Waals surface area contributed by atoms with Gasteiger partial charge < -0.3 is 11.1 Å². The first kappa shape index (κ1) is 16.9. The molecule has 3 N–H and O–H groups in total. The van der Waals surface area contributed by atoms with Crippen LogP contribution in [-0.4, -0.2) is 44.8 Å². The van der Waals surface area contributed by atoms with Crippen molar-refractivity contribution in [2.75, 3.05) is 20.1 Å². The number of hydrogen-bond donors (Lipinski definition) is 2. The average molecular weight is 325 g/mol. The first-order chi connectivity index (χ1) is 10.4. The van der Waals surface area contributed by atoms with Crippen LogP contribution >= 0.6 is 0 Å². The molecule has 1 saturated heterocycles. The minimum absolute atomic E-state index is 0.111. The van der Waals surface area contributed by atoms with Crippen LogP contribution in [0.2, 0.25) is 0 Å². The van der Waals surface area contributed by atoms with Crippen LogP contribution in [0.25, 0.3) is 0 Å². The second kappa shape index (κ2) is 6.76. The van der Waals surface area contributed by atoms with Gasteiger partial charge in [0, 0.05) is 31.7 Å². The lowest BCUT2D eigenvalue weighted by Gasteiger charge is -2.16. The van der Waals surface area contributed by atoms with Crippen molar-refractivity contribution in [2.24, 2.45) is 11.7 Å². The van der Waals surface area contributed by atoms with Crippen LogP contribution in [0.1, 0.15) is 30.1 Å². The van der Waals surface area contributed by atoms with Crippen molar-refractivity contribution in [2.45, 2.75) is 30.7 Å². The second-order valence-corrected chi connectivity index (χ2v) is 7.58. The molecular weight excluding hydrogens is 302 g/mol. The highest BCUT2D eigenvalue weighted by Gasteiger charge is 2.36. The minimum atomic E-state index is -3.55. The van der Waals surface area contributed by atoms with Gasteiger partial charge in [-0.3, -0.25) is 4.79 Å². The molecule has 1 aromatic rings. The quantitative estimate of drug-likeness (QED) is 0.837. The number of rotatable bonds is 5. The minimum Gasteiger partial charge on any atom is -0.355 e. The van der Waals surface area contributed by atoms with Gasteiger partial charge in [0.15, 0.2) is 0 Å². The summed E-state index contributed by atoms with van der Waals surface area (Å²) in [5.41, 5.74) is 6.49. The van der Waals surface area contributed by atoms with Crippen molar-refractivity contribution in [3.05, 3.63) is 29.8 Å². The van der Waals surface area contributed by atoms with E-state index in [9.17, 15) is 13.2 Å². The molecule has 0 unspecified atom stereocenters. The summed E-state index contributed by atoms with van der Waals surface area (Å²) < 4.78 is 26.8. The third kappa shape index (κ3) is 3.31. The smallest absolute Gasteiger partial charge is 0.251 e. The molecule has 1 heterocycles. The van der Waals surface area contributed by atoms with Crippen LogP contribution in [0.5, 0.6) is 0 Å². The first-order valence-electron chi connectivity index (χ1n) is 7.48. The van der Waals surface area contributed by atoms with Gasteiger partial charge >= 0.3 is 0 Å². The third-order valence-corrected chi connectivity index (χ3v) is 5.94. The number of nitrogens with zero attached hydrogens (tertiary/aromatic N) is 1. The Morgan fingerprint density at radius 2 is 1.95 bits per heavy atom. The van der Waals surface area contributed by atoms with Crippen LogP contribution in [0.3, 0.4) is 0 Å². The number of nitrogens with two attached hydrogens (primary N) is 1. The number of amides is 1. The summed E-state index contributed by atoms with van der Waals surface area (Å²) in [5.74, 6) is -0.0277. The van der Waals surface area contributed by atoms with Gasteiger partial charge in [0.25, 0.3) is 5.91 Å². The van der Waals surface area contributed by atoms with Crippen LogP contribution in [0.15, 0.2) is 29.2 Å². The zero-order valence-electron chi connectivity index (χ0n) is 13.0. The van der Waals surface area contributed by atoms with E-state index in [1.165, 1.54) is 35.6 Å². The van der Waals surface area contributed by atoms with Crippen molar-refractivity contribution in [3.8, 4) is 0 Å². The number of sulfonamides is 1. The Morgan fingerprint density at radius 3 is 2.50 bits per heavy atom. The summed E-state index contributed by atoms with van der Waals surface area (Å²) in [4.78, 5) is 11.7. The molecule has 22 heavy (non-hydrogen) atoms. The monoisotopic (exact) mass is 325 g/mol. The summed E-state index contributed by atoms with van der Waals surface area (Å²) in [6, 6.07) is 5.87. The maximum absolute atomic E-state index is 12.7. The van der Waals surface area contributed by atoms with E-state index in [1.807, 2.05) is 0 Å². The van der Waals surface area contributed by atoms with Gasteiger partial charge in [0.1, 0.15) is 0 Å². The second-order valence-electron chi connectivity index (χ2n) is 5.64. The molecule has 7 heteroatoms. The van der Waals surface area contributed by atoms with Gasteiger partial charge in [-0.25, -0.2) is 8.42 Å². The van der Waals surface area contributed by atoms with Crippen LogP contribution < -0.4 is 11.1 Å². The van der Waals surface area contributed by atoms with Gasteiger partial charge in [0.2, 0.25) is 10.0 Å². The molecule has 1 fully saturated rings. The molecule has 0 spiro atoms. The molecule has 122 valence electrons. The Labute approximate surface area is 131 Å². The topological polar surface area (TPSA) is 92.5 Å². The highest BCUT2D eigenvalue weighted by molar-refractivity contribution is 7.89. The van der Waals surface area contributed by atoms with E-state index >= 15 is 0 Å². The Hall–Kier alpha value is -1.44. The highest BCUT2D eigenvalue weighted by atomic mass is 32.2. The molecule has 1 aromatic carbocycles. The van der Waals surface area contributed by atoms with Crippen molar-refractivity contribution in [1.29, 1.82) is 0 Å². The molecule has 0 aromatic heterocycles. The van der Waals surface area contributed by atoms with E-state index < -0.39 is 10.0 Å². The van der Waals surface area contributed by atoms with Gasteiger partial charge in [-0.1, -0.05) is 13.3 Å². The summed E-state index contributed by atoms with van der Waals surface area (Å²) in [5, 5.41) is 2.50. The SMILES string of the molecule is CCC[C@H]1CN(S(=O)(=O)c2ccc(C(=O)NC)cc2)C[C@@H]1N. The lowest BCUT2D eigenvalue weighted by atomic mass is 9.99. The van der Waals surface area contributed by atoms with Crippen molar-refractivity contribution < 1.29 is 13.2 Å². The predicted octanol–water partition coefficient (Wildman–Crippen LogP) is 0.794. The zero-order chi connectivity index (χ0) is 16.3. The Bertz CT molecular complexity index is 628. The van der Waals surface area contributed by atoms with E-state index in [0.717, 1.165) is 12.8 Å². The normalized spacial score (nSPS) is 22.7. The number of benzene rings is 1. The van der Waals surface area contributed by atoms with Crippen molar-refractivity contribution in [3.63, 3.8) is 0 Å². The summed E-state index contributed by atoms with van der Waals surface area (Å²) in [7, 11) is -2.02. The number of nitrogens with one attached hydrogen (secondary N) is 1. The van der Waals surface area contributed by atoms with Crippen LogP contribution in [-0.2, 0) is 10.0 Å². The summed E-state index contributed by atoms with van der Waals surface area (Å²) in [6.07, 6.45) is 1.93. The molecular formula is C15H23N3O3S. The largest absolute Gasteiger partial charge is 0.355 e. The number of carbonyl (C=O) groups is 1. The molecule has 1 amide bonds. The third-order valence-electron chi connectivity index (χ3n) is 4.10. The number of carbonyl (C=O) groups excluding carboxylic acids is 1. The average Bonchev–Trinajstić information content (AvgIpc) is 2.89. The van der Waals surface area contributed by atoms with E-state index in [2.05, 4.69) is 12.2 Å². The van der Waals surface area contributed by atoms with E-state index in [0.29, 0.717) is 18.7 Å². The fourth-order valence-corrected chi connectivity index (χ4v) is 4.33. The molecule has 1 aliphatic heterocycles. The van der Waals surface area contributed by atoms with Crippen LogP contribution in [0, 0.1) is 5.92 Å². The van der Waals surface area contributed by atoms with Crippen LogP contribution in [0.4, 0.5) is 0 Å². The molecule has 0 aliphatic carbocycles. The van der Waals surface area contributed by atoms with Gasteiger partial charge in [-0.15, -0.1) is 0 Å². The van der Waals surface area contributed by atoms with E-state index in [1.54, 1.807) is 0 Å². The molecule has 6 nitrogen and oxygen atoms in total. The molecule has 1 aliphatic rings. The standard InChI is InChI=1S/C15H23N3O3S/c1-3-4-12-9-18(10-14(12)16)22(20,21)13-7-5-11(6-8-13)15(19)17-2/h5-8,12,14H,3-4,9-10,16H2,1-2H3,(H,17,19)/t12-,14-/m0/s1. The highest BCUT2D eigenvalue weighted by Crippen LogP contribution is 2.26. The lowest BCUT2D eigenvalue weighted by Crippen LogP contribution is -2.32. The Kier molecular flexibility index (Phi) is 5.20. The van der Waals surface area contributed by atoms with Crippen molar-refractivity contribution in [1.82, 2.24) is 9.62 Å². The molecule has 2 atom stereocenters. The first-order valence-corrected chi connectivity index (χ1v) is 8.92. The fraction of sp³-hybridized carbons (Fsp3) is 0.533. The predicted molar refractivity (Wildman–Crippen MR) is 85.0 cm³/mol. The summed E-state index contributed by atoms with van der Waals surface area (Å²) in [6.45, 7) is 2.89. The Balaban J connectivity index is 2.19. The van der Waals surface area contributed by atoms with E-state index in [-0.39, 0.29) is 22.8 Å². The van der Waals surface area contributed by atoms with Crippen molar-refractivity contribution >= 4 is 15.9 Å². The van der Waals surface area contributed by atoms with Gasteiger partial charge in [0.05, 0.1) is 4.90 Å². The number of hydrogen-bond acceptors (Lipinski definition) is 4. The molecule has 0 bridgehead atoms.